The van der Waals surface area contributed by atoms with Gasteiger partial charge in [-0.3, -0.25) is 4.79 Å². The minimum Gasteiger partial charge on any atom is -0.466 e. The second-order valence-electron chi connectivity index (χ2n) is 5.89. The number of esters is 1. The summed E-state index contributed by atoms with van der Waals surface area (Å²) in [5.74, 6) is -0.249. The van der Waals surface area contributed by atoms with E-state index in [-0.39, 0.29) is 18.4 Å². The van der Waals surface area contributed by atoms with E-state index in [1.54, 1.807) is 6.92 Å². The lowest BCUT2D eigenvalue weighted by Crippen LogP contribution is -2.20. The Kier molecular flexibility index (Phi) is 5.56. The van der Waals surface area contributed by atoms with E-state index in [1.807, 2.05) is 18.2 Å². The molecule has 0 aromatic heterocycles. The van der Waals surface area contributed by atoms with Crippen molar-refractivity contribution < 1.29 is 9.53 Å². The molecule has 0 radical (unpaired) electrons. The van der Waals surface area contributed by atoms with Gasteiger partial charge in [0.05, 0.1) is 13.0 Å². The van der Waals surface area contributed by atoms with Crippen LogP contribution in [0.2, 0.25) is 0 Å². The highest BCUT2D eigenvalue weighted by atomic mass is 16.5. The van der Waals surface area contributed by atoms with Crippen LogP contribution in [-0.2, 0) is 9.53 Å². The smallest absolute Gasteiger partial charge is 0.307 e. The number of hydrogen-bond donors (Lipinski definition) is 1. The zero-order valence-electron chi connectivity index (χ0n) is 14.3. The van der Waals surface area contributed by atoms with Crippen molar-refractivity contribution in [3.63, 3.8) is 0 Å². The molecule has 0 aliphatic carbocycles. The van der Waals surface area contributed by atoms with Crippen molar-refractivity contribution in [2.75, 3.05) is 6.61 Å². The highest BCUT2D eigenvalue weighted by Gasteiger charge is 2.20. The van der Waals surface area contributed by atoms with Gasteiger partial charge in [-0.15, -0.1) is 0 Å². The van der Waals surface area contributed by atoms with Gasteiger partial charge in [0.15, 0.2) is 0 Å². The lowest BCUT2D eigenvalue weighted by Gasteiger charge is -2.22. The van der Waals surface area contributed by atoms with Crippen LogP contribution >= 0.6 is 0 Å². The number of rotatable bonds is 5. The van der Waals surface area contributed by atoms with Crippen LogP contribution in [0.1, 0.15) is 41.6 Å². The molecule has 1 unspecified atom stereocenters. The quantitative estimate of drug-likeness (QED) is 0.841. The summed E-state index contributed by atoms with van der Waals surface area (Å²) in [4.78, 5) is 11.8. The highest BCUT2D eigenvalue weighted by Crippen LogP contribution is 2.33. The molecular weight excluding hydrogens is 286 g/mol. The van der Waals surface area contributed by atoms with Gasteiger partial charge in [-0.1, -0.05) is 36.4 Å². The molecule has 122 valence electrons. The molecule has 0 aliphatic rings. The molecule has 2 N–H and O–H groups in total. The van der Waals surface area contributed by atoms with Gasteiger partial charge >= 0.3 is 5.97 Å². The summed E-state index contributed by atoms with van der Waals surface area (Å²) in [5, 5.41) is 0. The van der Waals surface area contributed by atoms with Crippen LogP contribution in [0.3, 0.4) is 0 Å². The van der Waals surface area contributed by atoms with Gasteiger partial charge in [0.1, 0.15) is 0 Å². The first-order valence-corrected chi connectivity index (χ1v) is 8.03. The Balaban J connectivity index is 2.47. The summed E-state index contributed by atoms with van der Waals surface area (Å²) < 4.78 is 5.04. The first-order valence-electron chi connectivity index (χ1n) is 8.03. The fourth-order valence-corrected chi connectivity index (χ4v) is 3.05. The molecule has 2 aromatic rings. The lowest BCUT2D eigenvalue weighted by atomic mass is 9.86. The van der Waals surface area contributed by atoms with Crippen molar-refractivity contribution in [3.8, 4) is 11.1 Å². The predicted octanol–water partition coefficient (Wildman–Crippen LogP) is 4.23. The minimum atomic E-state index is -0.351. The van der Waals surface area contributed by atoms with Gasteiger partial charge < -0.3 is 10.5 Å². The zero-order valence-corrected chi connectivity index (χ0v) is 14.3. The number of benzene rings is 2. The highest BCUT2D eigenvalue weighted by molar-refractivity contribution is 5.73. The van der Waals surface area contributed by atoms with Crippen LogP contribution in [0.4, 0.5) is 0 Å². The van der Waals surface area contributed by atoms with E-state index < -0.39 is 0 Å². The minimum absolute atomic E-state index is 0.202. The Morgan fingerprint density at radius 2 is 1.78 bits per heavy atom. The number of carbonyl (C=O) groups is 1. The van der Waals surface area contributed by atoms with E-state index in [0.29, 0.717) is 6.61 Å². The maximum Gasteiger partial charge on any atom is 0.307 e. The van der Waals surface area contributed by atoms with E-state index in [0.717, 1.165) is 22.3 Å². The van der Waals surface area contributed by atoms with Crippen LogP contribution in [-0.4, -0.2) is 12.6 Å². The molecule has 1 atom stereocenters. The van der Waals surface area contributed by atoms with Crippen LogP contribution in [0.15, 0.2) is 36.4 Å². The van der Waals surface area contributed by atoms with Gasteiger partial charge in [-0.25, -0.2) is 0 Å². The van der Waals surface area contributed by atoms with E-state index in [9.17, 15) is 4.79 Å². The summed E-state index contributed by atoms with van der Waals surface area (Å²) in [5.41, 5.74) is 13.2. The van der Waals surface area contributed by atoms with Gasteiger partial charge in [-0.05, 0) is 61.1 Å². The zero-order chi connectivity index (χ0) is 17.0. The lowest BCUT2D eigenvalue weighted by molar-refractivity contribution is -0.143. The Hall–Kier alpha value is -2.13. The Morgan fingerprint density at radius 1 is 1.13 bits per heavy atom. The third-order valence-corrected chi connectivity index (χ3v) is 4.31. The van der Waals surface area contributed by atoms with Crippen LogP contribution in [0.5, 0.6) is 0 Å². The first kappa shape index (κ1) is 17.2. The summed E-state index contributed by atoms with van der Waals surface area (Å²) >= 11 is 0. The SMILES string of the molecule is CCOC(=O)CC(N)c1c(C)c(C)cc(-c2ccccc2)c1C. The number of aryl methyl sites for hydroxylation is 1. The molecule has 0 saturated heterocycles. The molecule has 0 spiro atoms. The van der Waals surface area contributed by atoms with E-state index >= 15 is 0 Å². The van der Waals surface area contributed by atoms with Crippen molar-refractivity contribution >= 4 is 5.97 Å². The van der Waals surface area contributed by atoms with Crippen LogP contribution in [0, 0.1) is 20.8 Å². The average Bonchev–Trinajstić information content (AvgIpc) is 2.52. The first-order chi connectivity index (χ1) is 11.0. The van der Waals surface area contributed by atoms with Crippen LogP contribution < -0.4 is 5.73 Å². The molecule has 0 fully saturated rings. The summed E-state index contributed by atoms with van der Waals surface area (Å²) in [7, 11) is 0. The molecule has 0 heterocycles. The molecule has 0 saturated carbocycles. The van der Waals surface area contributed by atoms with Crippen molar-refractivity contribution in [2.45, 2.75) is 40.2 Å². The van der Waals surface area contributed by atoms with Gasteiger partial charge in [0.25, 0.3) is 0 Å². The molecule has 2 rings (SSSR count). The predicted molar refractivity (Wildman–Crippen MR) is 94.3 cm³/mol. The molecule has 3 heteroatoms. The van der Waals surface area contributed by atoms with Crippen molar-refractivity contribution in [3.05, 3.63) is 58.7 Å². The molecule has 0 amide bonds. The summed E-state index contributed by atoms with van der Waals surface area (Å²) in [6, 6.07) is 12.1. The molecular formula is C20H25NO2. The largest absolute Gasteiger partial charge is 0.466 e. The van der Waals surface area contributed by atoms with Crippen LogP contribution in [0.25, 0.3) is 11.1 Å². The summed E-state index contributed by atoms with van der Waals surface area (Å²) in [6.07, 6.45) is 0.202. The Morgan fingerprint density at radius 3 is 2.39 bits per heavy atom. The second kappa shape index (κ2) is 7.42. The third-order valence-electron chi connectivity index (χ3n) is 4.31. The van der Waals surface area contributed by atoms with E-state index in [1.165, 1.54) is 11.1 Å². The molecule has 3 nitrogen and oxygen atoms in total. The molecule has 0 bridgehead atoms. The maximum absolute atomic E-state index is 11.8. The van der Waals surface area contributed by atoms with E-state index in [2.05, 4.69) is 39.0 Å². The van der Waals surface area contributed by atoms with Gasteiger partial charge in [0.2, 0.25) is 0 Å². The number of hydrogen-bond acceptors (Lipinski definition) is 3. The van der Waals surface area contributed by atoms with Gasteiger partial charge in [0, 0.05) is 6.04 Å². The second-order valence-corrected chi connectivity index (χ2v) is 5.89. The van der Waals surface area contributed by atoms with Gasteiger partial charge in [-0.2, -0.15) is 0 Å². The summed E-state index contributed by atoms with van der Waals surface area (Å²) in [6.45, 7) is 8.42. The normalized spacial score (nSPS) is 12.0. The maximum atomic E-state index is 11.8. The van der Waals surface area contributed by atoms with Crippen molar-refractivity contribution in [1.82, 2.24) is 0 Å². The number of nitrogens with two attached hydrogens (primary N) is 1. The topological polar surface area (TPSA) is 52.3 Å². The number of carbonyl (C=O) groups excluding carboxylic acids is 1. The molecule has 0 aliphatic heterocycles. The monoisotopic (exact) mass is 311 g/mol. The van der Waals surface area contributed by atoms with Crippen molar-refractivity contribution in [2.24, 2.45) is 5.73 Å². The molecule has 2 aromatic carbocycles. The number of ether oxygens (including phenoxy) is 1. The van der Waals surface area contributed by atoms with Crippen molar-refractivity contribution in [1.29, 1.82) is 0 Å². The average molecular weight is 311 g/mol. The standard InChI is InChI=1S/C20H25NO2/c1-5-23-19(22)12-18(21)20-14(3)13(2)11-17(15(20)4)16-9-7-6-8-10-16/h6-11,18H,5,12,21H2,1-4H3. The Bertz CT molecular complexity index is 693. The third kappa shape index (κ3) is 3.80. The fraction of sp³-hybridized carbons (Fsp3) is 0.350. The fourth-order valence-electron chi connectivity index (χ4n) is 3.05. The Labute approximate surface area is 138 Å². The molecule has 23 heavy (non-hydrogen) atoms. The van der Waals surface area contributed by atoms with E-state index in [4.69, 9.17) is 10.5 Å².